The standard InChI is InChI=1S/C16H22N2O4/c19-14(17-10-11-4-3-9-22-11)7-8-18-15(20)12-5-1-2-6-13(12)16(18)21/h1-2,11-13H,3-10H2,(H,17,19)/t11-,12-,13+/m0/s1. The minimum absolute atomic E-state index is 0.105. The number of carbonyl (C=O) groups is 3. The van der Waals surface area contributed by atoms with Crippen molar-refractivity contribution in [1.29, 1.82) is 0 Å². The Morgan fingerprint density at radius 1 is 1.23 bits per heavy atom. The van der Waals surface area contributed by atoms with Gasteiger partial charge in [0.2, 0.25) is 17.7 Å². The van der Waals surface area contributed by atoms with Crippen LogP contribution in [0.2, 0.25) is 0 Å². The molecule has 0 bridgehead atoms. The zero-order valence-corrected chi connectivity index (χ0v) is 12.6. The van der Waals surface area contributed by atoms with Gasteiger partial charge in [0.15, 0.2) is 0 Å². The summed E-state index contributed by atoms with van der Waals surface area (Å²) in [5.74, 6) is -0.804. The van der Waals surface area contributed by atoms with Crippen molar-refractivity contribution in [3.05, 3.63) is 12.2 Å². The van der Waals surface area contributed by atoms with E-state index < -0.39 is 0 Å². The Hall–Kier alpha value is -1.69. The average Bonchev–Trinajstić information content (AvgIpc) is 3.13. The third-order valence-corrected chi connectivity index (χ3v) is 4.71. The predicted molar refractivity (Wildman–Crippen MR) is 78.7 cm³/mol. The molecule has 2 saturated heterocycles. The third kappa shape index (κ3) is 3.06. The van der Waals surface area contributed by atoms with Crippen LogP contribution in [0.5, 0.6) is 0 Å². The average molecular weight is 306 g/mol. The minimum Gasteiger partial charge on any atom is -0.376 e. The molecule has 0 radical (unpaired) electrons. The van der Waals surface area contributed by atoms with E-state index in [1.54, 1.807) is 0 Å². The van der Waals surface area contributed by atoms with Crippen molar-refractivity contribution in [2.24, 2.45) is 11.8 Å². The van der Waals surface area contributed by atoms with Gasteiger partial charge in [-0.3, -0.25) is 19.3 Å². The Labute approximate surface area is 129 Å². The molecule has 0 saturated carbocycles. The van der Waals surface area contributed by atoms with E-state index in [0.717, 1.165) is 19.4 Å². The quantitative estimate of drug-likeness (QED) is 0.597. The Morgan fingerprint density at radius 3 is 2.50 bits per heavy atom. The van der Waals surface area contributed by atoms with Crippen LogP contribution in [0.15, 0.2) is 12.2 Å². The number of rotatable bonds is 5. The molecule has 0 aromatic carbocycles. The van der Waals surface area contributed by atoms with Gasteiger partial charge in [-0.25, -0.2) is 0 Å². The van der Waals surface area contributed by atoms with E-state index in [2.05, 4.69) is 5.32 Å². The zero-order chi connectivity index (χ0) is 15.5. The molecule has 0 aromatic rings. The van der Waals surface area contributed by atoms with Crippen molar-refractivity contribution < 1.29 is 19.1 Å². The second-order valence-electron chi connectivity index (χ2n) is 6.17. The van der Waals surface area contributed by atoms with Gasteiger partial charge in [-0.1, -0.05) is 12.2 Å². The number of ether oxygens (including phenoxy) is 1. The van der Waals surface area contributed by atoms with Crippen LogP contribution >= 0.6 is 0 Å². The fraction of sp³-hybridized carbons (Fsp3) is 0.688. The summed E-state index contributed by atoms with van der Waals surface area (Å²) in [7, 11) is 0. The van der Waals surface area contributed by atoms with Gasteiger partial charge in [0.1, 0.15) is 0 Å². The molecule has 0 unspecified atom stereocenters. The first-order valence-corrected chi connectivity index (χ1v) is 8.05. The number of nitrogens with zero attached hydrogens (tertiary/aromatic N) is 1. The number of fused-ring (bicyclic) bond motifs is 1. The van der Waals surface area contributed by atoms with Crippen molar-refractivity contribution in [3.8, 4) is 0 Å². The summed E-state index contributed by atoms with van der Waals surface area (Å²) >= 11 is 0. The topological polar surface area (TPSA) is 75.7 Å². The van der Waals surface area contributed by atoms with E-state index in [1.165, 1.54) is 4.90 Å². The molecule has 1 N–H and O–H groups in total. The van der Waals surface area contributed by atoms with E-state index >= 15 is 0 Å². The summed E-state index contributed by atoms with van der Waals surface area (Å²) < 4.78 is 5.44. The number of hydrogen-bond acceptors (Lipinski definition) is 4. The highest BCUT2D eigenvalue weighted by molar-refractivity contribution is 6.05. The molecule has 1 aliphatic carbocycles. The molecule has 22 heavy (non-hydrogen) atoms. The molecule has 3 atom stereocenters. The smallest absolute Gasteiger partial charge is 0.233 e. The zero-order valence-electron chi connectivity index (χ0n) is 12.6. The third-order valence-electron chi connectivity index (χ3n) is 4.71. The number of hydrogen-bond donors (Lipinski definition) is 1. The summed E-state index contributed by atoms with van der Waals surface area (Å²) in [4.78, 5) is 37.6. The highest BCUT2D eigenvalue weighted by atomic mass is 16.5. The van der Waals surface area contributed by atoms with E-state index in [9.17, 15) is 14.4 Å². The summed E-state index contributed by atoms with van der Waals surface area (Å²) in [6, 6.07) is 0. The second kappa shape index (κ2) is 6.60. The van der Waals surface area contributed by atoms with Crippen molar-refractivity contribution in [1.82, 2.24) is 10.2 Å². The summed E-state index contributed by atoms with van der Waals surface area (Å²) in [6.45, 7) is 1.45. The van der Waals surface area contributed by atoms with Crippen LogP contribution in [0, 0.1) is 11.8 Å². The molecule has 3 rings (SSSR count). The fourth-order valence-corrected chi connectivity index (χ4v) is 3.42. The SMILES string of the molecule is O=C(CCN1C(=O)[C@H]2CC=CC[C@H]2C1=O)NC[C@@H]1CCCO1. The first-order valence-electron chi connectivity index (χ1n) is 8.05. The lowest BCUT2D eigenvalue weighted by Crippen LogP contribution is -2.37. The Balaban J connectivity index is 1.45. The highest BCUT2D eigenvalue weighted by Gasteiger charge is 2.46. The number of amides is 3. The number of allylic oxidation sites excluding steroid dienone is 2. The molecule has 3 aliphatic rings. The molecule has 0 aromatic heterocycles. The summed E-state index contributed by atoms with van der Waals surface area (Å²) in [6.07, 6.45) is 7.47. The molecule has 2 aliphatic heterocycles. The van der Waals surface area contributed by atoms with Crippen LogP contribution in [-0.2, 0) is 19.1 Å². The Kier molecular flexibility index (Phi) is 4.57. The van der Waals surface area contributed by atoms with Gasteiger partial charge in [-0.15, -0.1) is 0 Å². The van der Waals surface area contributed by atoms with Gasteiger partial charge >= 0.3 is 0 Å². The maximum absolute atomic E-state index is 12.2. The van der Waals surface area contributed by atoms with Crippen LogP contribution in [0.4, 0.5) is 0 Å². The van der Waals surface area contributed by atoms with E-state index in [-0.39, 0.29) is 48.6 Å². The largest absolute Gasteiger partial charge is 0.376 e. The Morgan fingerprint density at radius 2 is 1.91 bits per heavy atom. The fourth-order valence-electron chi connectivity index (χ4n) is 3.42. The maximum atomic E-state index is 12.2. The molecule has 2 heterocycles. The van der Waals surface area contributed by atoms with Crippen LogP contribution in [0.25, 0.3) is 0 Å². The molecule has 6 nitrogen and oxygen atoms in total. The van der Waals surface area contributed by atoms with E-state index in [1.807, 2.05) is 12.2 Å². The van der Waals surface area contributed by atoms with Crippen molar-refractivity contribution in [2.75, 3.05) is 19.7 Å². The molecular formula is C16H22N2O4. The molecule has 2 fully saturated rings. The van der Waals surface area contributed by atoms with Crippen molar-refractivity contribution in [3.63, 3.8) is 0 Å². The monoisotopic (exact) mass is 306 g/mol. The lowest BCUT2D eigenvalue weighted by atomic mass is 9.85. The van der Waals surface area contributed by atoms with Crippen LogP contribution in [-0.4, -0.2) is 48.4 Å². The maximum Gasteiger partial charge on any atom is 0.233 e. The molecule has 3 amide bonds. The van der Waals surface area contributed by atoms with Gasteiger partial charge in [0.05, 0.1) is 17.9 Å². The Bertz CT molecular complexity index is 470. The van der Waals surface area contributed by atoms with Gasteiger partial charge in [0.25, 0.3) is 0 Å². The molecule has 120 valence electrons. The number of carbonyl (C=O) groups excluding carboxylic acids is 3. The highest BCUT2D eigenvalue weighted by Crippen LogP contribution is 2.34. The van der Waals surface area contributed by atoms with Crippen LogP contribution in [0.3, 0.4) is 0 Å². The number of imide groups is 1. The lowest BCUT2D eigenvalue weighted by Gasteiger charge is -2.15. The number of likely N-dealkylation sites (tertiary alicyclic amines) is 1. The summed E-state index contributed by atoms with van der Waals surface area (Å²) in [5, 5.41) is 2.82. The van der Waals surface area contributed by atoms with Crippen LogP contribution in [0.1, 0.15) is 32.1 Å². The van der Waals surface area contributed by atoms with Gasteiger partial charge in [-0.2, -0.15) is 0 Å². The van der Waals surface area contributed by atoms with Crippen molar-refractivity contribution >= 4 is 17.7 Å². The van der Waals surface area contributed by atoms with Crippen molar-refractivity contribution in [2.45, 2.75) is 38.2 Å². The molecule has 0 spiro atoms. The lowest BCUT2D eigenvalue weighted by molar-refractivity contribution is -0.140. The van der Waals surface area contributed by atoms with E-state index in [4.69, 9.17) is 4.74 Å². The van der Waals surface area contributed by atoms with Crippen LogP contribution < -0.4 is 5.32 Å². The normalized spacial score (nSPS) is 30.7. The summed E-state index contributed by atoms with van der Waals surface area (Å²) in [5.41, 5.74) is 0. The first-order chi connectivity index (χ1) is 10.7. The molecular weight excluding hydrogens is 284 g/mol. The van der Waals surface area contributed by atoms with Gasteiger partial charge < -0.3 is 10.1 Å². The van der Waals surface area contributed by atoms with Gasteiger partial charge in [0, 0.05) is 26.1 Å². The second-order valence-corrected chi connectivity index (χ2v) is 6.17. The minimum atomic E-state index is -0.215. The predicted octanol–water partition coefficient (Wildman–Crippen LogP) is 0.623. The number of nitrogens with one attached hydrogen (secondary N) is 1. The van der Waals surface area contributed by atoms with Gasteiger partial charge in [-0.05, 0) is 25.7 Å². The molecule has 6 heteroatoms. The first kappa shape index (κ1) is 15.2. The van der Waals surface area contributed by atoms with E-state index in [0.29, 0.717) is 19.4 Å².